The molecule has 5 nitrogen and oxygen atoms in total. The lowest BCUT2D eigenvalue weighted by Gasteiger charge is -2.23. The van der Waals surface area contributed by atoms with Gasteiger partial charge in [-0.1, -0.05) is 0 Å². The molecule has 0 saturated carbocycles. The number of rotatable bonds is 4. The molecule has 2 N–H and O–H groups in total. The minimum absolute atomic E-state index is 0.128. The number of hydrogen-bond acceptors (Lipinski definition) is 3. The third-order valence-corrected chi connectivity index (χ3v) is 2.94. The van der Waals surface area contributed by atoms with Crippen molar-refractivity contribution in [3.8, 4) is 0 Å². The Morgan fingerprint density at radius 1 is 1.31 bits per heavy atom. The van der Waals surface area contributed by atoms with Crippen molar-refractivity contribution in [2.75, 3.05) is 38.6 Å². The van der Waals surface area contributed by atoms with Crippen molar-refractivity contribution in [2.45, 2.75) is 6.42 Å². The fourth-order valence-corrected chi connectivity index (χ4v) is 1.92. The summed E-state index contributed by atoms with van der Waals surface area (Å²) in [4.78, 5) is 1.36. The highest BCUT2D eigenvalue weighted by Crippen LogP contribution is 1.85. The van der Waals surface area contributed by atoms with Crippen molar-refractivity contribution in [2.24, 2.45) is 0 Å². The first-order chi connectivity index (χ1) is 6.08. The second-order valence-electron chi connectivity index (χ2n) is 3.25. The van der Waals surface area contributed by atoms with Gasteiger partial charge < -0.3 is 9.64 Å². The van der Waals surface area contributed by atoms with Crippen LogP contribution in [0.25, 0.3) is 0 Å². The van der Waals surface area contributed by atoms with Crippen LogP contribution in [0.2, 0.25) is 0 Å². The summed E-state index contributed by atoms with van der Waals surface area (Å²) in [6, 6.07) is 0. The quantitative estimate of drug-likeness (QED) is 0.536. The van der Waals surface area contributed by atoms with Crippen molar-refractivity contribution >= 4 is 10.1 Å². The van der Waals surface area contributed by atoms with E-state index in [0.29, 0.717) is 6.42 Å². The van der Waals surface area contributed by atoms with Gasteiger partial charge in [-0.25, -0.2) is 0 Å². The summed E-state index contributed by atoms with van der Waals surface area (Å²) in [7, 11) is -3.77. The fraction of sp³-hybridized carbons (Fsp3) is 1.00. The Kier molecular flexibility index (Phi) is 4.11. The number of morpholine rings is 1. The first-order valence-corrected chi connectivity index (χ1v) is 6.05. The zero-order chi connectivity index (χ0) is 9.73. The van der Waals surface area contributed by atoms with E-state index in [9.17, 15) is 8.42 Å². The molecule has 0 aliphatic carbocycles. The highest BCUT2D eigenvalue weighted by molar-refractivity contribution is 7.85. The minimum atomic E-state index is -3.77. The van der Waals surface area contributed by atoms with Crippen LogP contribution < -0.4 is 4.90 Å². The molecule has 0 radical (unpaired) electrons. The van der Waals surface area contributed by atoms with Gasteiger partial charge in [-0.05, 0) is 0 Å². The van der Waals surface area contributed by atoms with Gasteiger partial charge in [0.2, 0.25) is 0 Å². The zero-order valence-electron chi connectivity index (χ0n) is 7.53. The molecule has 0 unspecified atom stereocenters. The van der Waals surface area contributed by atoms with Crippen LogP contribution in [0.1, 0.15) is 6.42 Å². The van der Waals surface area contributed by atoms with Crippen LogP contribution >= 0.6 is 0 Å². The molecule has 1 aliphatic rings. The van der Waals surface area contributed by atoms with Crippen LogP contribution in [0.5, 0.6) is 0 Å². The van der Waals surface area contributed by atoms with Gasteiger partial charge in [-0.2, -0.15) is 8.42 Å². The Morgan fingerprint density at radius 2 is 1.92 bits per heavy atom. The second-order valence-corrected chi connectivity index (χ2v) is 4.82. The van der Waals surface area contributed by atoms with Crippen LogP contribution in [0.15, 0.2) is 0 Å². The molecule has 0 spiro atoms. The highest BCUT2D eigenvalue weighted by atomic mass is 32.2. The predicted octanol–water partition coefficient (Wildman–Crippen LogP) is -1.82. The summed E-state index contributed by atoms with van der Waals surface area (Å²) >= 11 is 0. The smallest absolute Gasteiger partial charge is 0.265 e. The first kappa shape index (κ1) is 10.9. The molecule has 0 bridgehead atoms. The molecular weight excluding hydrogens is 194 g/mol. The molecule has 1 aliphatic heterocycles. The van der Waals surface area contributed by atoms with Crippen LogP contribution in [0.4, 0.5) is 0 Å². The molecule has 1 rings (SSSR count). The number of hydrogen-bond donors (Lipinski definition) is 2. The largest absolute Gasteiger partial charge is 0.370 e. The Labute approximate surface area is 78.4 Å². The summed E-state index contributed by atoms with van der Waals surface area (Å²) in [5.41, 5.74) is 0. The average Bonchev–Trinajstić information content (AvgIpc) is 2.04. The normalized spacial score (nSPS) is 20.4. The third-order valence-electron chi connectivity index (χ3n) is 2.13. The van der Waals surface area contributed by atoms with Crippen molar-refractivity contribution in [1.29, 1.82) is 0 Å². The molecular formula is C7H16NO4S+. The van der Waals surface area contributed by atoms with E-state index in [0.717, 1.165) is 32.8 Å². The highest BCUT2D eigenvalue weighted by Gasteiger charge is 2.14. The van der Waals surface area contributed by atoms with Gasteiger partial charge in [0, 0.05) is 6.42 Å². The van der Waals surface area contributed by atoms with Crippen molar-refractivity contribution in [1.82, 2.24) is 0 Å². The Balaban J connectivity index is 2.11. The maximum Gasteiger partial charge on any atom is 0.265 e. The molecule has 78 valence electrons. The SMILES string of the molecule is O=S(=O)(O)CCC[NH+]1CCOCC1. The van der Waals surface area contributed by atoms with Crippen LogP contribution in [0, 0.1) is 0 Å². The summed E-state index contributed by atoms with van der Waals surface area (Å²) in [6.45, 7) is 4.17. The van der Waals surface area contributed by atoms with Gasteiger partial charge >= 0.3 is 0 Å². The summed E-state index contributed by atoms with van der Waals surface area (Å²) in [6.07, 6.45) is 0.522. The number of quaternary nitrogens is 1. The molecule has 0 amide bonds. The van der Waals surface area contributed by atoms with Crippen LogP contribution in [-0.2, 0) is 14.9 Å². The van der Waals surface area contributed by atoms with Crippen molar-refractivity contribution < 1.29 is 22.6 Å². The Hall–Kier alpha value is -0.170. The van der Waals surface area contributed by atoms with E-state index in [-0.39, 0.29) is 5.75 Å². The van der Waals surface area contributed by atoms with E-state index in [4.69, 9.17) is 9.29 Å². The van der Waals surface area contributed by atoms with Crippen molar-refractivity contribution in [3.63, 3.8) is 0 Å². The maximum atomic E-state index is 10.4. The van der Waals surface area contributed by atoms with Crippen molar-refractivity contribution in [3.05, 3.63) is 0 Å². The van der Waals surface area contributed by atoms with Gasteiger partial charge in [-0.3, -0.25) is 4.55 Å². The summed E-state index contributed by atoms with van der Waals surface area (Å²) in [5.74, 6) is -0.128. The fourth-order valence-electron chi connectivity index (χ4n) is 1.41. The molecule has 6 heteroatoms. The average molecular weight is 210 g/mol. The molecule has 1 fully saturated rings. The van der Waals surface area contributed by atoms with Gasteiger partial charge in [0.15, 0.2) is 0 Å². The first-order valence-electron chi connectivity index (χ1n) is 4.44. The monoisotopic (exact) mass is 210 g/mol. The third kappa shape index (κ3) is 5.20. The van der Waals surface area contributed by atoms with E-state index in [1.54, 1.807) is 0 Å². The van der Waals surface area contributed by atoms with Gasteiger partial charge in [-0.15, -0.1) is 0 Å². The second kappa shape index (κ2) is 4.90. The molecule has 0 aromatic rings. The lowest BCUT2D eigenvalue weighted by molar-refractivity contribution is -0.908. The lowest BCUT2D eigenvalue weighted by atomic mass is 10.4. The standard InChI is InChI=1S/C7H15NO4S/c9-13(10,11)7-1-2-8-3-5-12-6-4-8/h1-7H2,(H,9,10,11)/p+1. The summed E-state index contributed by atoms with van der Waals surface area (Å²) < 4.78 is 34.4. The number of nitrogens with one attached hydrogen (secondary N) is 1. The molecule has 0 aromatic carbocycles. The molecule has 0 aromatic heterocycles. The number of ether oxygens (including phenoxy) is 1. The Morgan fingerprint density at radius 3 is 2.46 bits per heavy atom. The Bertz CT molecular complexity index is 233. The topological polar surface area (TPSA) is 68.0 Å². The van der Waals surface area contributed by atoms with Gasteiger partial charge in [0.05, 0.1) is 25.5 Å². The zero-order valence-corrected chi connectivity index (χ0v) is 8.35. The lowest BCUT2D eigenvalue weighted by Crippen LogP contribution is -3.14. The predicted molar refractivity (Wildman–Crippen MR) is 47.4 cm³/mol. The summed E-state index contributed by atoms with van der Waals surface area (Å²) in [5, 5.41) is 0. The minimum Gasteiger partial charge on any atom is -0.370 e. The van der Waals surface area contributed by atoms with Crippen LogP contribution in [-0.4, -0.2) is 51.6 Å². The van der Waals surface area contributed by atoms with Crippen LogP contribution in [0.3, 0.4) is 0 Å². The van der Waals surface area contributed by atoms with E-state index < -0.39 is 10.1 Å². The van der Waals surface area contributed by atoms with E-state index in [1.807, 2.05) is 0 Å². The van der Waals surface area contributed by atoms with E-state index >= 15 is 0 Å². The van der Waals surface area contributed by atoms with Gasteiger partial charge in [0.25, 0.3) is 10.1 Å². The van der Waals surface area contributed by atoms with E-state index in [1.165, 1.54) is 4.90 Å². The molecule has 0 atom stereocenters. The van der Waals surface area contributed by atoms with Gasteiger partial charge in [0.1, 0.15) is 13.1 Å². The molecule has 1 saturated heterocycles. The maximum absolute atomic E-state index is 10.4. The molecule has 13 heavy (non-hydrogen) atoms. The molecule has 1 heterocycles. The van der Waals surface area contributed by atoms with E-state index in [2.05, 4.69) is 0 Å².